The van der Waals surface area contributed by atoms with Gasteiger partial charge in [-0.25, -0.2) is 0 Å². The first kappa shape index (κ1) is 12.4. The maximum atomic E-state index is 11.6. The lowest BCUT2D eigenvalue weighted by Crippen LogP contribution is -2.47. The highest BCUT2D eigenvalue weighted by Gasteiger charge is 2.30. The molecular weight excluding hydrogens is 218 g/mol. The van der Waals surface area contributed by atoms with E-state index in [-0.39, 0.29) is 5.91 Å². The van der Waals surface area contributed by atoms with E-state index < -0.39 is 0 Å². The highest BCUT2D eigenvalue weighted by molar-refractivity contribution is 5.78. The van der Waals surface area contributed by atoms with Gasteiger partial charge in [0.25, 0.3) is 0 Å². The van der Waals surface area contributed by atoms with Crippen LogP contribution in [0.2, 0.25) is 0 Å². The Bertz CT molecular complexity index is 298. The summed E-state index contributed by atoms with van der Waals surface area (Å²) in [5.74, 6) is 0.385. The van der Waals surface area contributed by atoms with Crippen LogP contribution in [-0.2, 0) is 9.59 Å². The van der Waals surface area contributed by atoms with Gasteiger partial charge >= 0.3 is 0 Å². The van der Waals surface area contributed by atoms with E-state index in [4.69, 9.17) is 0 Å². The number of likely N-dealkylation sites (tertiary alicyclic amines) is 2. The van der Waals surface area contributed by atoms with E-state index in [1.165, 1.54) is 0 Å². The van der Waals surface area contributed by atoms with Crippen LogP contribution in [0, 0.1) is 0 Å². The van der Waals surface area contributed by atoms with Crippen molar-refractivity contribution in [2.45, 2.75) is 31.7 Å². The van der Waals surface area contributed by atoms with Crippen molar-refractivity contribution >= 4 is 11.8 Å². The average Bonchev–Trinajstić information content (AvgIpc) is 2.76. The molecular formula is C12H21N3O2. The third-order valence-corrected chi connectivity index (χ3v) is 3.75. The molecule has 0 atom stereocenters. The summed E-state index contributed by atoms with van der Waals surface area (Å²) in [5.41, 5.74) is 0. The van der Waals surface area contributed by atoms with Gasteiger partial charge in [0.15, 0.2) is 0 Å². The Morgan fingerprint density at radius 3 is 2.59 bits per heavy atom. The molecule has 0 aromatic carbocycles. The molecule has 0 bridgehead atoms. The van der Waals surface area contributed by atoms with E-state index in [2.05, 4.69) is 10.2 Å². The highest BCUT2D eigenvalue weighted by Crippen LogP contribution is 2.21. The number of nitrogens with one attached hydrogen (secondary N) is 1. The third-order valence-electron chi connectivity index (χ3n) is 3.75. The molecule has 0 saturated carbocycles. The normalized spacial score (nSPS) is 23.1. The summed E-state index contributed by atoms with van der Waals surface area (Å²) < 4.78 is 0. The molecule has 0 spiro atoms. The van der Waals surface area contributed by atoms with Gasteiger partial charge < -0.3 is 10.2 Å². The van der Waals surface area contributed by atoms with Crippen molar-refractivity contribution in [2.24, 2.45) is 0 Å². The number of likely N-dealkylation sites (N-methyl/N-ethyl adjacent to an activating group) is 1. The molecule has 0 aliphatic carbocycles. The smallest absolute Gasteiger partial charge is 0.233 e. The molecule has 2 rings (SSSR count). The van der Waals surface area contributed by atoms with Gasteiger partial charge in [-0.15, -0.1) is 0 Å². The molecule has 1 N–H and O–H groups in total. The molecule has 96 valence electrons. The Hall–Kier alpha value is -1.10. The second-order valence-corrected chi connectivity index (χ2v) is 4.87. The average molecular weight is 239 g/mol. The van der Waals surface area contributed by atoms with Crippen LogP contribution in [0.15, 0.2) is 0 Å². The predicted molar refractivity (Wildman–Crippen MR) is 64.5 cm³/mol. The number of amides is 2. The van der Waals surface area contributed by atoms with Crippen molar-refractivity contribution in [3.8, 4) is 0 Å². The summed E-state index contributed by atoms with van der Waals surface area (Å²) >= 11 is 0. The van der Waals surface area contributed by atoms with Crippen molar-refractivity contribution in [1.29, 1.82) is 0 Å². The second-order valence-electron chi connectivity index (χ2n) is 4.87. The molecule has 5 nitrogen and oxygen atoms in total. The zero-order chi connectivity index (χ0) is 12.3. The Morgan fingerprint density at radius 2 is 2.06 bits per heavy atom. The van der Waals surface area contributed by atoms with Gasteiger partial charge in [0, 0.05) is 39.1 Å². The van der Waals surface area contributed by atoms with Gasteiger partial charge in [-0.3, -0.25) is 14.5 Å². The summed E-state index contributed by atoms with van der Waals surface area (Å²) in [5, 5.41) is 2.64. The van der Waals surface area contributed by atoms with E-state index >= 15 is 0 Å². The van der Waals surface area contributed by atoms with Crippen LogP contribution in [0.25, 0.3) is 0 Å². The largest absolute Gasteiger partial charge is 0.358 e. The summed E-state index contributed by atoms with van der Waals surface area (Å²) in [4.78, 5) is 27.1. The summed E-state index contributed by atoms with van der Waals surface area (Å²) in [6.07, 6.45) is 3.74. The standard InChI is InChI=1S/C12H21N3O2/c1-13-11(16)9-14-7-4-10(5-8-14)15-6-2-3-12(15)17/h10H,2-9H2,1H3,(H,13,16). The fourth-order valence-electron chi connectivity index (χ4n) is 2.73. The molecule has 17 heavy (non-hydrogen) atoms. The number of nitrogens with zero attached hydrogens (tertiary/aromatic N) is 2. The molecule has 2 aliphatic heterocycles. The summed E-state index contributed by atoms with van der Waals surface area (Å²) in [6.45, 7) is 3.25. The quantitative estimate of drug-likeness (QED) is 0.743. The van der Waals surface area contributed by atoms with Crippen LogP contribution in [0.3, 0.4) is 0 Å². The van der Waals surface area contributed by atoms with Crippen molar-refractivity contribution in [3.63, 3.8) is 0 Å². The molecule has 2 saturated heterocycles. The molecule has 2 heterocycles. The van der Waals surface area contributed by atoms with Crippen LogP contribution < -0.4 is 5.32 Å². The zero-order valence-corrected chi connectivity index (χ0v) is 10.4. The minimum Gasteiger partial charge on any atom is -0.358 e. The first-order valence-corrected chi connectivity index (χ1v) is 6.43. The summed E-state index contributed by atoms with van der Waals surface area (Å²) in [6, 6.07) is 0.408. The van der Waals surface area contributed by atoms with E-state index in [9.17, 15) is 9.59 Å². The Kier molecular flexibility index (Phi) is 3.99. The maximum Gasteiger partial charge on any atom is 0.233 e. The van der Waals surface area contributed by atoms with E-state index in [1.54, 1.807) is 7.05 Å². The molecule has 2 aliphatic rings. The molecule has 0 aromatic rings. The van der Waals surface area contributed by atoms with Gasteiger partial charge in [0.05, 0.1) is 6.54 Å². The van der Waals surface area contributed by atoms with Crippen molar-refractivity contribution < 1.29 is 9.59 Å². The monoisotopic (exact) mass is 239 g/mol. The van der Waals surface area contributed by atoms with Crippen LogP contribution in [0.1, 0.15) is 25.7 Å². The molecule has 0 unspecified atom stereocenters. The Balaban J connectivity index is 1.77. The van der Waals surface area contributed by atoms with E-state index in [0.717, 1.165) is 45.3 Å². The number of rotatable bonds is 3. The lowest BCUT2D eigenvalue weighted by molar-refractivity contribution is -0.131. The van der Waals surface area contributed by atoms with Crippen molar-refractivity contribution in [3.05, 3.63) is 0 Å². The fourth-order valence-corrected chi connectivity index (χ4v) is 2.73. The highest BCUT2D eigenvalue weighted by atomic mass is 16.2. The lowest BCUT2D eigenvalue weighted by atomic mass is 10.0. The lowest BCUT2D eigenvalue weighted by Gasteiger charge is -2.36. The predicted octanol–water partition coefficient (Wildman–Crippen LogP) is -0.181. The number of carbonyl (C=O) groups excluding carboxylic acids is 2. The molecule has 2 amide bonds. The van der Waals surface area contributed by atoms with Crippen LogP contribution in [0.5, 0.6) is 0 Å². The summed E-state index contributed by atoms with van der Waals surface area (Å²) in [7, 11) is 1.66. The van der Waals surface area contributed by atoms with Crippen molar-refractivity contribution in [2.75, 3.05) is 33.2 Å². The van der Waals surface area contributed by atoms with Crippen LogP contribution in [0.4, 0.5) is 0 Å². The van der Waals surface area contributed by atoms with Gasteiger partial charge in [-0.2, -0.15) is 0 Å². The molecule has 5 heteroatoms. The molecule has 0 radical (unpaired) electrons. The minimum atomic E-state index is 0.0701. The SMILES string of the molecule is CNC(=O)CN1CCC(N2CCCC2=O)CC1. The van der Waals surface area contributed by atoms with Crippen molar-refractivity contribution in [1.82, 2.24) is 15.1 Å². The van der Waals surface area contributed by atoms with Gasteiger partial charge in [0.1, 0.15) is 0 Å². The Labute approximate surface area is 102 Å². The Morgan fingerprint density at radius 1 is 1.35 bits per heavy atom. The number of piperidine rings is 1. The van der Waals surface area contributed by atoms with E-state index in [1.807, 2.05) is 4.90 Å². The zero-order valence-electron chi connectivity index (χ0n) is 10.4. The number of carbonyl (C=O) groups is 2. The molecule has 2 fully saturated rings. The number of hydrogen-bond donors (Lipinski definition) is 1. The van der Waals surface area contributed by atoms with Gasteiger partial charge in [0.2, 0.25) is 11.8 Å². The molecule has 0 aromatic heterocycles. The first-order valence-electron chi connectivity index (χ1n) is 6.43. The van der Waals surface area contributed by atoms with Gasteiger partial charge in [-0.05, 0) is 19.3 Å². The second kappa shape index (κ2) is 5.49. The first-order chi connectivity index (χ1) is 8.20. The topological polar surface area (TPSA) is 52.7 Å². The number of hydrogen-bond acceptors (Lipinski definition) is 3. The van der Waals surface area contributed by atoms with Gasteiger partial charge in [-0.1, -0.05) is 0 Å². The van der Waals surface area contributed by atoms with Crippen LogP contribution in [-0.4, -0.2) is 60.9 Å². The van der Waals surface area contributed by atoms with Crippen LogP contribution >= 0.6 is 0 Å². The van der Waals surface area contributed by atoms with E-state index in [0.29, 0.717) is 18.5 Å². The minimum absolute atomic E-state index is 0.0701. The fraction of sp³-hybridized carbons (Fsp3) is 0.833. The maximum absolute atomic E-state index is 11.6. The third kappa shape index (κ3) is 2.97.